The molecule has 0 amide bonds. The van der Waals surface area contributed by atoms with Gasteiger partial charge in [0, 0.05) is 6.92 Å². The molecule has 5 heteroatoms. The normalized spacial score (nSPS) is 10.0. The third-order valence-electron chi connectivity index (χ3n) is 2.75. The zero-order chi connectivity index (χ0) is 15.2. The second-order valence-corrected chi connectivity index (χ2v) is 4.23. The average Bonchev–Trinajstić information content (AvgIpc) is 2.47. The molecule has 0 saturated carbocycles. The lowest BCUT2D eigenvalue weighted by molar-refractivity contribution is -0.131. The van der Waals surface area contributed by atoms with Crippen LogP contribution in [0.5, 0.6) is 5.75 Å². The summed E-state index contributed by atoms with van der Waals surface area (Å²) >= 11 is 0. The minimum Gasteiger partial charge on any atom is -0.435 e. The van der Waals surface area contributed by atoms with Gasteiger partial charge < -0.3 is 14.6 Å². The van der Waals surface area contributed by atoms with Gasteiger partial charge in [-0.05, 0) is 29.3 Å². The number of hydrogen-bond acceptors (Lipinski definition) is 5. The van der Waals surface area contributed by atoms with Gasteiger partial charge in [-0.25, -0.2) is 4.79 Å². The number of carbonyl (C=O) groups is 2. The number of aliphatic hydroxyl groups excluding tert-OH is 1. The lowest BCUT2D eigenvalue weighted by Gasteiger charge is -2.11. The predicted molar refractivity (Wildman–Crippen MR) is 75.7 cm³/mol. The van der Waals surface area contributed by atoms with Gasteiger partial charge in [0.05, 0.1) is 5.56 Å². The highest BCUT2D eigenvalue weighted by Crippen LogP contribution is 2.28. The molecule has 0 atom stereocenters. The van der Waals surface area contributed by atoms with Gasteiger partial charge in [-0.1, -0.05) is 30.3 Å². The summed E-state index contributed by atoms with van der Waals surface area (Å²) in [6.45, 7) is 0.606. The molecule has 0 aliphatic carbocycles. The van der Waals surface area contributed by atoms with E-state index in [0.29, 0.717) is 11.3 Å². The van der Waals surface area contributed by atoms with Crippen LogP contribution < -0.4 is 4.74 Å². The van der Waals surface area contributed by atoms with Crippen LogP contribution in [0.4, 0.5) is 0 Å². The summed E-state index contributed by atoms with van der Waals surface area (Å²) in [6, 6.07) is 13.7. The molecule has 2 rings (SSSR count). The molecule has 0 aliphatic heterocycles. The average molecular weight is 286 g/mol. The van der Waals surface area contributed by atoms with Crippen LogP contribution in [0.25, 0.3) is 11.1 Å². The summed E-state index contributed by atoms with van der Waals surface area (Å²) in [4.78, 5) is 22.9. The van der Waals surface area contributed by atoms with Crippen molar-refractivity contribution in [1.29, 1.82) is 0 Å². The van der Waals surface area contributed by atoms with Crippen molar-refractivity contribution in [3.05, 3.63) is 54.1 Å². The Hall–Kier alpha value is -2.66. The van der Waals surface area contributed by atoms with E-state index in [1.54, 1.807) is 6.07 Å². The van der Waals surface area contributed by atoms with Crippen molar-refractivity contribution < 1.29 is 24.2 Å². The quantitative estimate of drug-likeness (QED) is 0.531. The van der Waals surface area contributed by atoms with E-state index in [2.05, 4.69) is 4.74 Å². The zero-order valence-electron chi connectivity index (χ0n) is 11.4. The van der Waals surface area contributed by atoms with E-state index in [1.807, 2.05) is 30.3 Å². The lowest BCUT2D eigenvalue weighted by Crippen LogP contribution is -2.08. The highest BCUT2D eigenvalue weighted by atomic mass is 16.6. The van der Waals surface area contributed by atoms with E-state index in [9.17, 15) is 9.59 Å². The monoisotopic (exact) mass is 286 g/mol. The van der Waals surface area contributed by atoms with Crippen molar-refractivity contribution in [3.63, 3.8) is 0 Å². The van der Waals surface area contributed by atoms with Gasteiger partial charge in [0.2, 0.25) is 0 Å². The van der Waals surface area contributed by atoms with Crippen LogP contribution in [0.2, 0.25) is 0 Å². The molecule has 0 aromatic heterocycles. The van der Waals surface area contributed by atoms with E-state index < -0.39 is 18.7 Å². The molecular formula is C16H14O5. The van der Waals surface area contributed by atoms with Crippen molar-refractivity contribution >= 4 is 11.9 Å². The first kappa shape index (κ1) is 14.7. The minimum atomic E-state index is -0.696. The Morgan fingerprint density at radius 3 is 2.43 bits per heavy atom. The molecule has 0 heterocycles. The van der Waals surface area contributed by atoms with Crippen molar-refractivity contribution in [1.82, 2.24) is 0 Å². The molecule has 2 aromatic carbocycles. The molecular weight excluding hydrogens is 272 g/mol. The van der Waals surface area contributed by atoms with Crippen molar-refractivity contribution in [3.8, 4) is 16.9 Å². The molecule has 5 nitrogen and oxygen atoms in total. The molecule has 0 unspecified atom stereocenters. The molecule has 21 heavy (non-hydrogen) atoms. The maximum Gasteiger partial charge on any atom is 0.340 e. The lowest BCUT2D eigenvalue weighted by atomic mass is 9.99. The first-order chi connectivity index (χ1) is 10.1. The van der Waals surface area contributed by atoms with Crippen LogP contribution in [0.3, 0.4) is 0 Å². The smallest absolute Gasteiger partial charge is 0.340 e. The number of esters is 2. The Labute approximate surface area is 121 Å². The summed E-state index contributed by atoms with van der Waals surface area (Å²) in [6.07, 6.45) is 0. The highest BCUT2D eigenvalue weighted by molar-refractivity contribution is 5.97. The highest BCUT2D eigenvalue weighted by Gasteiger charge is 2.15. The summed E-state index contributed by atoms with van der Waals surface area (Å²) in [5.74, 6) is -0.757. The van der Waals surface area contributed by atoms with Gasteiger partial charge in [0.25, 0.3) is 0 Å². The van der Waals surface area contributed by atoms with Gasteiger partial charge >= 0.3 is 11.9 Å². The van der Waals surface area contributed by atoms with E-state index in [1.165, 1.54) is 19.1 Å². The molecule has 0 spiro atoms. The predicted octanol–water partition coefficient (Wildman–Crippen LogP) is 2.39. The van der Waals surface area contributed by atoms with Crippen LogP contribution >= 0.6 is 0 Å². The fourth-order valence-corrected chi connectivity index (χ4v) is 1.92. The van der Waals surface area contributed by atoms with E-state index in [4.69, 9.17) is 9.84 Å². The standard InChI is InChI=1S/C16H14O5/c1-11(18)21-13-7-8-14(16(19)20-10-17)15(9-13)12-5-3-2-4-6-12/h2-9,17H,10H2,1H3. The maximum absolute atomic E-state index is 11.9. The number of hydrogen-bond donors (Lipinski definition) is 1. The molecule has 0 aliphatic rings. The topological polar surface area (TPSA) is 72.8 Å². The van der Waals surface area contributed by atoms with Crippen molar-refractivity contribution in [2.75, 3.05) is 6.79 Å². The van der Waals surface area contributed by atoms with E-state index >= 15 is 0 Å². The fraction of sp³-hybridized carbons (Fsp3) is 0.125. The van der Waals surface area contributed by atoms with Gasteiger partial charge in [-0.15, -0.1) is 0 Å². The van der Waals surface area contributed by atoms with Crippen molar-refractivity contribution in [2.24, 2.45) is 0 Å². The molecule has 0 saturated heterocycles. The molecule has 0 bridgehead atoms. The van der Waals surface area contributed by atoms with Gasteiger partial charge in [0.15, 0.2) is 6.79 Å². The number of benzene rings is 2. The van der Waals surface area contributed by atoms with Gasteiger partial charge in [-0.2, -0.15) is 0 Å². The number of carbonyl (C=O) groups excluding carboxylic acids is 2. The molecule has 108 valence electrons. The Balaban J connectivity index is 2.50. The van der Waals surface area contributed by atoms with Crippen LogP contribution in [-0.4, -0.2) is 23.8 Å². The Kier molecular flexibility index (Phi) is 4.68. The zero-order valence-corrected chi connectivity index (χ0v) is 11.4. The number of aliphatic hydroxyl groups is 1. The van der Waals surface area contributed by atoms with E-state index in [-0.39, 0.29) is 5.56 Å². The second-order valence-electron chi connectivity index (χ2n) is 4.23. The molecule has 0 radical (unpaired) electrons. The Bertz CT molecular complexity index is 649. The van der Waals surface area contributed by atoms with Crippen LogP contribution in [-0.2, 0) is 9.53 Å². The second kappa shape index (κ2) is 6.67. The molecule has 2 aromatic rings. The largest absolute Gasteiger partial charge is 0.435 e. The summed E-state index contributed by atoms with van der Waals surface area (Å²) in [5.41, 5.74) is 1.62. The third-order valence-corrected chi connectivity index (χ3v) is 2.75. The van der Waals surface area contributed by atoms with Gasteiger partial charge in [0.1, 0.15) is 5.75 Å². The SMILES string of the molecule is CC(=O)Oc1ccc(C(=O)OCO)c(-c2ccccc2)c1. The summed E-state index contributed by atoms with van der Waals surface area (Å²) in [5, 5.41) is 8.72. The summed E-state index contributed by atoms with van der Waals surface area (Å²) in [7, 11) is 0. The van der Waals surface area contributed by atoms with Crippen molar-refractivity contribution in [2.45, 2.75) is 6.92 Å². The molecule has 0 fully saturated rings. The first-order valence-corrected chi connectivity index (χ1v) is 6.27. The third kappa shape index (κ3) is 3.67. The molecule has 1 N–H and O–H groups in total. The minimum absolute atomic E-state index is 0.283. The van der Waals surface area contributed by atoms with E-state index in [0.717, 1.165) is 5.56 Å². The Morgan fingerprint density at radius 1 is 1.10 bits per heavy atom. The first-order valence-electron chi connectivity index (χ1n) is 6.27. The summed E-state index contributed by atoms with van der Waals surface area (Å²) < 4.78 is 9.65. The number of rotatable bonds is 4. The number of ether oxygens (including phenoxy) is 2. The fourth-order valence-electron chi connectivity index (χ4n) is 1.92. The van der Waals surface area contributed by atoms with Gasteiger partial charge in [-0.3, -0.25) is 4.79 Å². The Morgan fingerprint density at radius 2 is 1.81 bits per heavy atom. The van der Waals surface area contributed by atoms with Crippen LogP contribution in [0.15, 0.2) is 48.5 Å². The van der Waals surface area contributed by atoms with Crippen LogP contribution in [0, 0.1) is 0 Å². The maximum atomic E-state index is 11.9. The van der Waals surface area contributed by atoms with Crippen LogP contribution in [0.1, 0.15) is 17.3 Å².